The van der Waals surface area contributed by atoms with Gasteiger partial charge in [-0.2, -0.15) is 0 Å². The van der Waals surface area contributed by atoms with Crippen molar-refractivity contribution in [3.05, 3.63) is 70.4 Å². The Labute approximate surface area is 194 Å². The fourth-order valence-electron chi connectivity index (χ4n) is 3.96. The van der Waals surface area contributed by atoms with Crippen LogP contribution in [0.4, 0.5) is 5.82 Å². The van der Waals surface area contributed by atoms with E-state index >= 15 is 0 Å². The molecular weight excluding hydrogens is 420 g/mol. The number of nitrogens with two attached hydrogens (primary N) is 1. The minimum atomic E-state index is 0.0265. The van der Waals surface area contributed by atoms with Crippen LogP contribution < -0.4 is 5.73 Å². The monoisotopic (exact) mass is 446 g/mol. The number of rotatable bonds is 4. The van der Waals surface area contributed by atoms with Gasteiger partial charge in [0.15, 0.2) is 0 Å². The molecular formula is C26H27ClN4O. The maximum atomic E-state index is 12.8. The van der Waals surface area contributed by atoms with E-state index < -0.39 is 0 Å². The number of pyridine rings is 1. The Hall–Kier alpha value is -3.07. The highest BCUT2D eigenvalue weighted by molar-refractivity contribution is 6.31. The summed E-state index contributed by atoms with van der Waals surface area (Å²) in [6.07, 6.45) is 5.55. The number of carbonyl (C=O) groups excluding carboxylic acids is 1. The van der Waals surface area contributed by atoms with Crippen molar-refractivity contribution < 1.29 is 4.79 Å². The molecule has 164 valence electrons. The number of nitrogens with zero attached hydrogens (tertiary/aromatic N) is 3. The number of benzene rings is 2. The second-order valence-electron chi connectivity index (χ2n) is 8.21. The van der Waals surface area contributed by atoms with Crippen LogP contribution in [0.25, 0.3) is 10.8 Å². The van der Waals surface area contributed by atoms with Crippen LogP contribution in [0.1, 0.15) is 40.7 Å². The van der Waals surface area contributed by atoms with Crippen LogP contribution in [0.2, 0.25) is 5.02 Å². The fraction of sp³-hybridized carbons (Fsp3) is 0.308. The summed E-state index contributed by atoms with van der Waals surface area (Å²) in [5, 5.41) is 2.43. The number of likely N-dealkylation sites (N-methyl/N-ethyl adjacent to an activating group) is 1. The molecule has 1 amide bonds. The summed E-state index contributed by atoms with van der Waals surface area (Å²) in [5.41, 5.74) is 8.19. The van der Waals surface area contributed by atoms with Gasteiger partial charge in [-0.1, -0.05) is 35.9 Å². The van der Waals surface area contributed by atoms with Gasteiger partial charge < -0.3 is 15.5 Å². The van der Waals surface area contributed by atoms with Crippen LogP contribution in [-0.2, 0) is 0 Å². The van der Waals surface area contributed by atoms with Crippen molar-refractivity contribution in [3.63, 3.8) is 0 Å². The van der Waals surface area contributed by atoms with Gasteiger partial charge in [0.2, 0.25) is 0 Å². The first-order chi connectivity index (χ1) is 15.5. The zero-order valence-electron chi connectivity index (χ0n) is 18.3. The van der Waals surface area contributed by atoms with Gasteiger partial charge in [0.05, 0.1) is 5.56 Å². The van der Waals surface area contributed by atoms with E-state index in [0.717, 1.165) is 42.5 Å². The van der Waals surface area contributed by atoms with Crippen molar-refractivity contribution in [3.8, 4) is 11.8 Å². The SMILES string of the molecule is CN(CCN1CCCCC1)C(=O)c1ccc(C#Cc2c(N)ncc3ccc(Cl)cc23)cc1. The number of anilines is 1. The zero-order chi connectivity index (χ0) is 22.5. The summed E-state index contributed by atoms with van der Waals surface area (Å²) < 4.78 is 0. The summed E-state index contributed by atoms with van der Waals surface area (Å²) in [7, 11) is 1.86. The first kappa shape index (κ1) is 22.1. The van der Waals surface area contributed by atoms with E-state index in [1.165, 1.54) is 19.3 Å². The normalized spacial score (nSPS) is 14.1. The maximum absolute atomic E-state index is 12.8. The Morgan fingerprint density at radius 1 is 1.12 bits per heavy atom. The molecule has 1 aromatic heterocycles. The Morgan fingerprint density at radius 2 is 1.88 bits per heavy atom. The second-order valence-corrected chi connectivity index (χ2v) is 8.64. The molecule has 0 atom stereocenters. The van der Waals surface area contributed by atoms with Crippen LogP contribution in [0.15, 0.2) is 48.7 Å². The Balaban J connectivity index is 1.45. The van der Waals surface area contributed by atoms with Gasteiger partial charge in [-0.25, -0.2) is 4.98 Å². The van der Waals surface area contributed by atoms with E-state index in [9.17, 15) is 4.79 Å². The van der Waals surface area contributed by atoms with Crippen LogP contribution in [0.3, 0.4) is 0 Å². The zero-order valence-corrected chi connectivity index (χ0v) is 19.0. The lowest BCUT2D eigenvalue weighted by atomic mass is 10.1. The third-order valence-corrected chi connectivity index (χ3v) is 6.13. The number of likely N-dealkylation sites (tertiary alicyclic amines) is 1. The van der Waals surface area contributed by atoms with Gasteiger partial charge >= 0.3 is 0 Å². The van der Waals surface area contributed by atoms with Crippen molar-refractivity contribution in [1.82, 2.24) is 14.8 Å². The summed E-state index contributed by atoms with van der Waals surface area (Å²) in [6, 6.07) is 12.9. The molecule has 4 rings (SSSR count). The van der Waals surface area contributed by atoms with E-state index in [0.29, 0.717) is 22.0 Å². The molecule has 0 bridgehead atoms. The van der Waals surface area contributed by atoms with Crippen molar-refractivity contribution >= 4 is 34.1 Å². The molecule has 2 heterocycles. The van der Waals surface area contributed by atoms with Crippen molar-refractivity contribution in [1.29, 1.82) is 0 Å². The quantitative estimate of drug-likeness (QED) is 0.602. The predicted octanol–water partition coefficient (Wildman–Crippen LogP) is 4.43. The van der Waals surface area contributed by atoms with Gasteiger partial charge in [-0.05, 0) is 62.3 Å². The largest absolute Gasteiger partial charge is 0.383 e. The highest BCUT2D eigenvalue weighted by Gasteiger charge is 2.15. The Kier molecular flexibility index (Phi) is 6.94. The molecule has 2 aromatic carbocycles. The van der Waals surface area contributed by atoms with E-state index in [2.05, 4.69) is 21.7 Å². The van der Waals surface area contributed by atoms with E-state index in [4.69, 9.17) is 17.3 Å². The topological polar surface area (TPSA) is 62.5 Å². The molecule has 6 heteroatoms. The molecule has 0 aliphatic carbocycles. The second kappa shape index (κ2) is 10.0. The van der Waals surface area contributed by atoms with Crippen molar-refractivity contribution in [2.75, 3.05) is 39.0 Å². The van der Waals surface area contributed by atoms with E-state index in [-0.39, 0.29) is 5.91 Å². The van der Waals surface area contributed by atoms with E-state index in [1.54, 1.807) is 11.1 Å². The van der Waals surface area contributed by atoms with Gasteiger partial charge in [0.1, 0.15) is 5.82 Å². The van der Waals surface area contributed by atoms with Crippen LogP contribution in [0, 0.1) is 11.8 Å². The molecule has 0 spiro atoms. The number of aromatic nitrogens is 1. The average Bonchev–Trinajstić information content (AvgIpc) is 2.82. The number of fused-ring (bicyclic) bond motifs is 1. The molecule has 32 heavy (non-hydrogen) atoms. The lowest BCUT2D eigenvalue weighted by molar-refractivity contribution is 0.0773. The summed E-state index contributed by atoms with van der Waals surface area (Å²) in [5.74, 6) is 6.66. The molecule has 2 N–H and O–H groups in total. The minimum Gasteiger partial charge on any atom is -0.383 e. The predicted molar refractivity (Wildman–Crippen MR) is 131 cm³/mol. The number of nitrogen functional groups attached to an aromatic ring is 1. The Morgan fingerprint density at radius 3 is 2.62 bits per heavy atom. The third-order valence-electron chi connectivity index (χ3n) is 5.89. The van der Waals surface area contributed by atoms with Crippen LogP contribution in [0.5, 0.6) is 0 Å². The Bertz CT molecular complexity index is 1170. The average molecular weight is 447 g/mol. The molecule has 1 aliphatic rings. The number of piperidine rings is 1. The molecule has 0 unspecified atom stereocenters. The highest BCUT2D eigenvalue weighted by Crippen LogP contribution is 2.25. The van der Waals surface area contributed by atoms with Gasteiger partial charge in [-0.3, -0.25) is 4.79 Å². The fourth-order valence-corrected chi connectivity index (χ4v) is 4.13. The molecule has 1 saturated heterocycles. The number of halogens is 1. The van der Waals surface area contributed by atoms with Gasteiger partial charge in [-0.15, -0.1) is 0 Å². The molecule has 0 radical (unpaired) electrons. The van der Waals surface area contributed by atoms with Crippen LogP contribution >= 0.6 is 11.6 Å². The summed E-state index contributed by atoms with van der Waals surface area (Å²) in [4.78, 5) is 21.2. The molecule has 1 fully saturated rings. The van der Waals surface area contributed by atoms with Crippen LogP contribution in [-0.4, -0.2) is 53.9 Å². The van der Waals surface area contributed by atoms with Gasteiger partial charge in [0.25, 0.3) is 5.91 Å². The summed E-state index contributed by atoms with van der Waals surface area (Å²) in [6.45, 7) is 3.93. The number of carbonyl (C=O) groups is 1. The van der Waals surface area contributed by atoms with E-state index in [1.807, 2.05) is 49.5 Å². The number of amides is 1. The van der Waals surface area contributed by atoms with Crippen molar-refractivity contribution in [2.24, 2.45) is 0 Å². The lowest BCUT2D eigenvalue weighted by Gasteiger charge is -2.28. The molecule has 1 aliphatic heterocycles. The smallest absolute Gasteiger partial charge is 0.253 e. The van der Waals surface area contributed by atoms with Gasteiger partial charge in [0, 0.05) is 53.3 Å². The molecule has 3 aromatic rings. The standard InChI is InChI=1S/C26H27ClN4O/c1-30(15-16-31-13-3-2-4-14-31)26(32)20-8-5-19(6-9-20)7-12-23-24-17-22(27)11-10-21(24)18-29-25(23)28/h5-6,8-11,17-18H,2-4,13-16H2,1H3,(H2,28,29). The maximum Gasteiger partial charge on any atom is 0.253 e. The number of hydrogen-bond acceptors (Lipinski definition) is 4. The first-order valence-electron chi connectivity index (χ1n) is 10.9. The lowest BCUT2D eigenvalue weighted by Crippen LogP contribution is -2.38. The highest BCUT2D eigenvalue weighted by atomic mass is 35.5. The first-order valence-corrected chi connectivity index (χ1v) is 11.3. The molecule has 5 nitrogen and oxygen atoms in total. The third kappa shape index (κ3) is 5.21. The number of hydrogen-bond donors (Lipinski definition) is 1. The molecule has 0 saturated carbocycles. The van der Waals surface area contributed by atoms with Crippen molar-refractivity contribution in [2.45, 2.75) is 19.3 Å². The summed E-state index contributed by atoms with van der Waals surface area (Å²) >= 11 is 6.15. The minimum absolute atomic E-state index is 0.0265.